The molecule has 13 aromatic rings. The van der Waals surface area contributed by atoms with Crippen LogP contribution in [0, 0.1) is 34.8 Å². The van der Waals surface area contributed by atoms with Crippen molar-refractivity contribution in [3.05, 3.63) is 250 Å². The summed E-state index contributed by atoms with van der Waals surface area (Å²) in [6.45, 7) is 13.6. The normalized spacial score (nSPS) is 15.3. The van der Waals surface area contributed by atoms with Gasteiger partial charge in [0.15, 0.2) is 6.29 Å². The smallest absolute Gasteiger partial charge is 0.285 e. The molecule has 6 aromatic carbocycles. The van der Waals surface area contributed by atoms with E-state index in [2.05, 4.69) is 100 Å². The average molecular weight is 2170 g/mol. The van der Waals surface area contributed by atoms with E-state index in [1.54, 1.807) is 134 Å². The number of morpholine rings is 4. The highest BCUT2D eigenvalue weighted by molar-refractivity contribution is 14.1. The predicted octanol–water partition coefficient (Wildman–Crippen LogP) is 16.1. The van der Waals surface area contributed by atoms with Crippen LogP contribution in [0.1, 0.15) is 78.2 Å². The Hall–Kier alpha value is -10.1. The number of methoxy groups -OCH3 is 2. The number of aromatic amines is 5. The molecule has 29 nitrogen and oxygen atoms in total. The first-order valence-electron chi connectivity index (χ1n) is 43.0. The van der Waals surface area contributed by atoms with Gasteiger partial charge in [-0.25, -0.2) is 24.9 Å². The number of rotatable bonds is 24. The summed E-state index contributed by atoms with van der Waals surface area (Å²) in [6.07, 6.45) is 5.44. The van der Waals surface area contributed by atoms with Gasteiger partial charge in [0.1, 0.15) is 28.6 Å². The molecule has 0 radical (unpaired) electrons. The van der Waals surface area contributed by atoms with Crippen LogP contribution in [0.3, 0.4) is 0 Å². The fourth-order valence-electron chi connectivity index (χ4n) is 15.3. The number of benzene rings is 6. The maximum atomic E-state index is 15.2. The van der Waals surface area contributed by atoms with Gasteiger partial charge in [0.2, 0.25) is 11.8 Å². The van der Waals surface area contributed by atoms with Crippen molar-refractivity contribution in [2.45, 2.75) is 63.6 Å². The van der Waals surface area contributed by atoms with E-state index in [1.165, 1.54) is 68.0 Å². The van der Waals surface area contributed by atoms with Crippen LogP contribution in [0.2, 0.25) is 15.1 Å². The van der Waals surface area contributed by atoms with Crippen LogP contribution >= 0.6 is 80.0 Å². The Morgan fingerprint density at radius 1 is 0.493 bits per heavy atom. The number of ether oxygens (including phenoxy) is 6. The van der Waals surface area contributed by atoms with Crippen LogP contribution in [0.4, 0.5) is 52.2 Å². The highest BCUT2D eigenvalue weighted by Crippen LogP contribution is 2.41. The number of fused-ring (bicyclic) bond motifs is 3. The number of carbonyl (C=O) groups is 1. The number of imidazole rings is 3. The Labute approximate surface area is 819 Å². The SMILES string of the molecule is COc1nccc(I)c1-c1nc2c(C)cc(C(F)(F)CN3CCOCC3)cc2[nH]1.COc1nccc(I)c1C=O.Cc1cc(C(F)(F)CN2CCOCC2)cc(N)c1N.Cc1cc(C(F)(F)CN2CCOCC2)cc2[nH]c(-c3c(Cl)cc[nH]c3=O)nc12.Cc1cc(C(F)(F)CN2CCOCC2)cc2[nH]c(-c3c(NC[C@@H](O)c4cccc(Cl)c4)cc[nH]c3=O)nc12.NC[C@@H](O)c1cccc(Cl)c1. The average Bonchev–Trinajstić information content (AvgIpc) is 1.64. The second kappa shape index (κ2) is 47.5. The van der Waals surface area contributed by atoms with Gasteiger partial charge in [-0.2, -0.15) is 35.1 Å². The van der Waals surface area contributed by atoms with Gasteiger partial charge in [0.25, 0.3) is 34.8 Å². The molecule has 0 bridgehead atoms. The fraction of sp³-hybridized carbons (Fsp3) is 0.362. The minimum Gasteiger partial charge on any atom is -0.480 e. The summed E-state index contributed by atoms with van der Waals surface area (Å²) in [5, 5.41) is 24.3. The van der Waals surface area contributed by atoms with Crippen molar-refractivity contribution in [1.82, 2.24) is 69.4 Å². The number of halogens is 13. The Morgan fingerprint density at radius 3 is 1.24 bits per heavy atom. The maximum Gasteiger partial charge on any atom is 0.285 e. The number of anilines is 3. The number of hydrogen-bond donors (Lipinski definition) is 11. The van der Waals surface area contributed by atoms with E-state index in [0.29, 0.717) is 216 Å². The van der Waals surface area contributed by atoms with Crippen molar-refractivity contribution >= 4 is 136 Å². The Bertz CT molecular complexity index is 6380. The molecule has 4 saturated heterocycles. The lowest BCUT2D eigenvalue weighted by Gasteiger charge is -2.30. The zero-order valence-corrected chi connectivity index (χ0v) is 81.5. The van der Waals surface area contributed by atoms with Crippen LogP contribution in [0.5, 0.6) is 11.8 Å². The summed E-state index contributed by atoms with van der Waals surface area (Å²) in [6, 6.07) is 32.1. The van der Waals surface area contributed by atoms with E-state index >= 15 is 17.6 Å². The Morgan fingerprint density at radius 2 is 0.860 bits per heavy atom. The number of nitrogens with two attached hydrogens (primary N) is 3. The first-order chi connectivity index (χ1) is 64.9. The Kier molecular flexibility index (Phi) is 36.6. The van der Waals surface area contributed by atoms with E-state index in [1.807, 2.05) is 6.07 Å². The number of H-pyrrole nitrogens is 5. The molecule has 4 aliphatic heterocycles. The molecule has 726 valence electrons. The number of nitrogen functional groups attached to an aromatic ring is 2. The predicted molar refractivity (Wildman–Crippen MR) is 526 cm³/mol. The summed E-state index contributed by atoms with van der Waals surface area (Å²) in [5.41, 5.74) is 25.0. The molecule has 11 heterocycles. The summed E-state index contributed by atoms with van der Waals surface area (Å²) >= 11 is 22.1. The third-order valence-electron chi connectivity index (χ3n) is 22.6. The summed E-state index contributed by atoms with van der Waals surface area (Å²) < 4.78 is 152. The van der Waals surface area contributed by atoms with Gasteiger partial charge in [-0.3, -0.25) is 34.0 Å². The lowest BCUT2D eigenvalue weighted by atomic mass is 10.0. The number of hydrogen-bond acceptors (Lipinski definition) is 24. The molecule has 0 aliphatic carbocycles. The molecule has 4 fully saturated rings. The van der Waals surface area contributed by atoms with Crippen LogP contribution in [0.15, 0.2) is 156 Å². The minimum atomic E-state index is -3.07. The molecule has 0 spiro atoms. The maximum absolute atomic E-state index is 15.2. The first-order valence-corrected chi connectivity index (χ1v) is 46.3. The first kappa shape index (κ1) is 105. The minimum absolute atomic E-state index is 0.0166. The number of carbonyl (C=O) groups excluding carboxylic acids is 1. The van der Waals surface area contributed by atoms with E-state index in [0.717, 1.165) is 19.0 Å². The monoisotopic (exact) mass is 2170 g/mol. The molecule has 0 amide bonds. The third-order valence-corrected chi connectivity index (χ3v) is 25.2. The van der Waals surface area contributed by atoms with Gasteiger partial charge in [-0.05, 0) is 203 Å². The lowest BCUT2D eigenvalue weighted by molar-refractivity contribution is -0.0621. The molecular formula is C94H103Cl3F8I2N18O11. The number of nitrogens with one attached hydrogen (secondary N) is 6. The van der Waals surface area contributed by atoms with Gasteiger partial charge < -0.3 is 86.1 Å². The topological polar surface area (TPSA) is 394 Å². The molecule has 0 saturated carbocycles. The number of aryl methyl sites for hydroxylation is 4. The number of aliphatic hydroxyl groups excluding tert-OH is 2. The van der Waals surface area contributed by atoms with Gasteiger partial charge in [0, 0.05) is 130 Å². The molecule has 0 unspecified atom stereocenters. The van der Waals surface area contributed by atoms with E-state index in [-0.39, 0.29) is 88.5 Å². The number of pyridine rings is 4. The zero-order chi connectivity index (χ0) is 97.9. The van der Waals surface area contributed by atoms with Crippen molar-refractivity contribution in [1.29, 1.82) is 0 Å². The van der Waals surface area contributed by atoms with Crippen molar-refractivity contribution < 1.29 is 78.6 Å². The molecule has 42 heteroatoms. The van der Waals surface area contributed by atoms with E-state index < -0.39 is 53.6 Å². The molecule has 7 aromatic heterocycles. The number of aldehydes is 1. The van der Waals surface area contributed by atoms with Crippen molar-refractivity contribution in [3.8, 4) is 45.9 Å². The largest absolute Gasteiger partial charge is 0.480 e. The molecule has 4 aliphatic rings. The zero-order valence-electron chi connectivity index (χ0n) is 74.9. The van der Waals surface area contributed by atoms with Crippen LogP contribution < -0.4 is 43.1 Å². The molecule has 2 atom stereocenters. The Balaban J connectivity index is 0.000000154. The van der Waals surface area contributed by atoms with Gasteiger partial charge >= 0.3 is 0 Å². The van der Waals surface area contributed by atoms with E-state index in [9.17, 15) is 42.2 Å². The molecule has 17 rings (SSSR count). The number of alkyl halides is 8. The molecule has 14 N–H and O–H groups in total. The van der Waals surface area contributed by atoms with Crippen molar-refractivity contribution in [3.63, 3.8) is 0 Å². The van der Waals surface area contributed by atoms with Crippen molar-refractivity contribution in [2.75, 3.05) is 175 Å². The van der Waals surface area contributed by atoms with Crippen molar-refractivity contribution in [2.24, 2.45) is 5.73 Å². The summed E-state index contributed by atoms with van der Waals surface area (Å²) in [5.74, 6) is -10.2. The van der Waals surface area contributed by atoms with Crippen LogP contribution in [-0.2, 0) is 42.6 Å². The fourth-order valence-corrected chi connectivity index (χ4v) is 17.1. The number of nitrogens with zero attached hydrogens (tertiary/aromatic N) is 9. The number of aliphatic hydroxyl groups is 2. The highest BCUT2D eigenvalue weighted by atomic mass is 127. The quantitative estimate of drug-likeness (QED) is 0.0116. The van der Waals surface area contributed by atoms with E-state index in [4.69, 9.17) is 80.4 Å². The van der Waals surface area contributed by atoms with Crippen LogP contribution in [0.25, 0.3) is 67.3 Å². The van der Waals surface area contributed by atoms with Gasteiger partial charge in [-0.15, -0.1) is 0 Å². The lowest BCUT2D eigenvalue weighted by Crippen LogP contribution is -2.42. The molecular weight excluding hydrogens is 2070 g/mol. The second-order valence-corrected chi connectivity index (χ2v) is 36.0. The van der Waals surface area contributed by atoms with Gasteiger partial charge in [0.05, 0.1) is 172 Å². The number of aromatic nitrogens is 10. The standard InChI is InChI=1S/C27H28ClF2N5O3.C20H21F2IN4O2.C19H19ClF2N4O2.C13H19F2N3O.C8H10ClNO.C7H6INO2/c1-16-11-18(27(29,30)15-35-7-9-38-10-8-35)13-21-24(16)34-25(33-21)23-20(5-6-31-26(23)37)32-14-22(36)17-3-2-4-19(28)12-17;1-12-9-13(20(21,22)11-27-5-7-29-8-6-27)10-15-17(12)26-18(25-15)16-14(23)3-4-24-19(16)28-2;1-11-8-12(19(21,22)10-26-4-6-28-7-5-26)9-14-16(11)25-17(24-14)15-13(20)2-3-23-18(15)27;1-9-6-10(7-11(16)12(9)17)13(14,15)8-18-2-4-19-5-3-18;9-7-3-1-2-6(4-7)8(11)5-10;1-11-7-5(4-10)6(8)2-3-9-7/h2-6,11-13,22,36H,7-10,14-15H2,1H3,(H,33,34)(H2,31,32,37);3-4,9-10H,5-8,11H2,1-2H3,(H,25,26);2-3,8-9H,4-7,10H2,1H3,(H,23,27)(H,24,25);6-7H,2-5,8,16-17H2,1H3;1-4,8,11H,5,10H2;2-4H,1H3/t22-;;;;8-;/m1...1./s1. The highest BCUT2D eigenvalue weighted by Gasteiger charge is 2.40. The van der Waals surface area contributed by atoms with Crippen LogP contribution in [-0.4, -0.2) is 245 Å². The third kappa shape index (κ3) is 27.1. The second-order valence-electron chi connectivity index (χ2n) is 32.4. The summed E-state index contributed by atoms with van der Waals surface area (Å²) in [4.78, 5) is 78.4. The summed E-state index contributed by atoms with van der Waals surface area (Å²) in [7, 11) is 3.03. The van der Waals surface area contributed by atoms with Gasteiger partial charge in [-0.1, -0.05) is 59.1 Å². The molecule has 136 heavy (non-hydrogen) atoms.